The first kappa shape index (κ1) is 16.2. The lowest BCUT2D eigenvalue weighted by atomic mass is 9.84. The van der Waals surface area contributed by atoms with Crippen LogP contribution < -0.4 is 5.32 Å². The highest BCUT2D eigenvalue weighted by atomic mass is 19.1. The lowest BCUT2D eigenvalue weighted by molar-refractivity contribution is 0.348. The van der Waals surface area contributed by atoms with E-state index in [1.54, 1.807) is 6.07 Å². The van der Waals surface area contributed by atoms with Crippen molar-refractivity contribution in [3.05, 3.63) is 35.6 Å². The number of benzene rings is 1. The molecule has 1 N–H and O–H groups in total. The van der Waals surface area contributed by atoms with E-state index in [0.717, 1.165) is 12.1 Å². The zero-order chi connectivity index (χ0) is 14.5. The van der Waals surface area contributed by atoms with Crippen molar-refractivity contribution < 1.29 is 4.39 Å². The summed E-state index contributed by atoms with van der Waals surface area (Å²) in [5.74, 6) is 0.790. The van der Waals surface area contributed by atoms with E-state index in [2.05, 4.69) is 39.9 Å². The Hall–Kier alpha value is -0.890. The summed E-state index contributed by atoms with van der Waals surface area (Å²) in [4.78, 5) is 0. The fourth-order valence-electron chi connectivity index (χ4n) is 2.46. The normalized spacial score (nSPS) is 15.3. The third-order valence-electron chi connectivity index (χ3n) is 3.56. The van der Waals surface area contributed by atoms with Crippen LogP contribution in [0.2, 0.25) is 0 Å². The molecule has 0 saturated heterocycles. The van der Waals surface area contributed by atoms with Crippen molar-refractivity contribution in [3.63, 3.8) is 0 Å². The molecule has 0 radical (unpaired) electrons. The second-order valence-corrected chi connectivity index (χ2v) is 6.56. The monoisotopic (exact) mass is 265 g/mol. The SMILES string of the molecule is CCCC(C)C(CNC(C)(C)C)c1cccc(F)c1. The molecular weight excluding hydrogens is 237 g/mol. The van der Waals surface area contributed by atoms with E-state index in [0.29, 0.717) is 11.8 Å². The van der Waals surface area contributed by atoms with E-state index in [4.69, 9.17) is 0 Å². The lowest BCUT2D eigenvalue weighted by Crippen LogP contribution is -2.39. The third kappa shape index (κ3) is 5.73. The van der Waals surface area contributed by atoms with Gasteiger partial charge in [-0.25, -0.2) is 4.39 Å². The molecule has 0 spiro atoms. The lowest BCUT2D eigenvalue weighted by Gasteiger charge is -2.29. The first-order valence-corrected chi connectivity index (χ1v) is 7.34. The van der Waals surface area contributed by atoms with E-state index in [1.165, 1.54) is 18.9 Å². The number of hydrogen-bond donors (Lipinski definition) is 1. The highest BCUT2D eigenvalue weighted by Crippen LogP contribution is 2.28. The summed E-state index contributed by atoms with van der Waals surface area (Å²) in [5, 5.41) is 3.56. The van der Waals surface area contributed by atoms with Crippen molar-refractivity contribution >= 4 is 0 Å². The van der Waals surface area contributed by atoms with E-state index in [-0.39, 0.29) is 11.4 Å². The van der Waals surface area contributed by atoms with Crippen LogP contribution in [0, 0.1) is 11.7 Å². The van der Waals surface area contributed by atoms with Crippen LogP contribution in [-0.4, -0.2) is 12.1 Å². The summed E-state index contributed by atoms with van der Waals surface area (Å²) in [5.41, 5.74) is 1.20. The number of hydrogen-bond acceptors (Lipinski definition) is 1. The van der Waals surface area contributed by atoms with Crippen LogP contribution in [0.1, 0.15) is 58.9 Å². The van der Waals surface area contributed by atoms with Gasteiger partial charge in [0.05, 0.1) is 0 Å². The molecule has 0 heterocycles. The number of nitrogens with one attached hydrogen (secondary N) is 1. The molecule has 1 rings (SSSR count). The van der Waals surface area contributed by atoms with Crippen molar-refractivity contribution in [2.24, 2.45) is 5.92 Å². The fourth-order valence-corrected chi connectivity index (χ4v) is 2.46. The molecule has 1 aromatic rings. The molecule has 2 heteroatoms. The Morgan fingerprint density at radius 1 is 1.26 bits per heavy atom. The van der Waals surface area contributed by atoms with E-state index in [9.17, 15) is 4.39 Å². The van der Waals surface area contributed by atoms with Crippen molar-refractivity contribution in [1.82, 2.24) is 5.32 Å². The van der Waals surface area contributed by atoms with Crippen LogP contribution in [-0.2, 0) is 0 Å². The average Bonchev–Trinajstić information content (AvgIpc) is 2.28. The maximum Gasteiger partial charge on any atom is 0.123 e. The summed E-state index contributed by atoms with van der Waals surface area (Å²) >= 11 is 0. The number of halogens is 1. The maximum absolute atomic E-state index is 13.4. The first-order valence-electron chi connectivity index (χ1n) is 7.34. The molecule has 0 amide bonds. The van der Waals surface area contributed by atoms with Gasteiger partial charge in [-0.15, -0.1) is 0 Å². The van der Waals surface area contributed by atoms with Crippen LogP contribution in [0.15, 0.2) is 24.3 Å². The van der Waals surface area contributed by atoms with Crippen LogP contribution in [0.25, 0.3) is 0 Å². The predicted molar refractivity (Wildman–Crippen MR) is 81.0 cm³/mol. The number of rotatable bonds is 6. The maximum atomic E-state index is 13.4. The minimum Gasteiger partial charge on any atom is -0.311 e. The van der Waals surface area contributed by atoms with Gasteiger partial charge in [-0.1, -0.05) is 38.8 Å². The molecule has 0 aliphatic rings. The van der Waals surface area contributed by atoms with Gasteiger partial charge in [-0.3, -0.25) is 0 Å². The topological polar surface area (TPSA) is 12.0 Å². The highest BCUT2D eigenvalue weighted by molar-refractivity contribution is 5.22. The molecule has 0 aromatic heterocycles. The molecule has 1 aromatic carbocycles. The zero-order valence-electron chi connectivity index (χ0n) is 13.0. The molecule has 0 aliphatic heterocycles. The first-order chi connectivity index (χ1) is 8.83. The van der Waals surface area contributed by atoms with Crippen molar-refractivity contribution in [2.45, 2.75) is 58.9 Å². The minimum absolute atomic E-state index is 0.0948. The Morgan fingerprint density at radius 3 is 2.47 bits per heavy atom. The standard InChI is InChI=1S/C17H28FN/c1-6-8-13(2)16(12-19-17(3,4)5)14-9-7-10-15(18)11-14/h7,9-11,13,16,19H,6,8,12H2,1-5H3. The summed E-state index contributed by atoms with van der Waals surface area (Å²) in [6.07, 6.45) is 2.34. The van der Waals surface area contributed by atoms with Crippen LogP contribution >= 0.6 is 0 Å². The Bertz CT molecular complexity index is 381. The van der Waals surface area contributed by atoms with Gasteiger partial charge in [0, 0.05) is 12.1 Å². The average molecular weight is 265 g/mol. The van der Waals surface area contributed by atoms with Gasteiger partial charge in [0.1, 0.15) is 5.82 Å². The Balaban J connectivity index is 2.85. The minimum atomic E-state index is -0.137. The Kier molecular flexibility index (Phi) is 5.99. The van der Waals surface area contributed by atoms with Crippen molar-refractivity contribution in [1.29, 1.82) is 0 Å². The second-order valence-electron chi connectivity index (χ2n) is 6.56. The van der Waals surface area contributed by atoms with Gasteiger partial charge in [-0.05, 0) is 50.3 Å². The van der Waals surface area contributed by atoms with Gasteiger partial charge < -0.3 is 5.32 Å². The molecule has 0 aliphatic carbocycles. The summed E-state index contributed by atoms with van der Waals surface area (Å²) < 4.78 is 13.4. The zero-order valence-corrected chi connectivity index (χ0v) is 13.0. The van der Waals surface area contributed by atoms with Crippen LogP contribution in [0.4, 0.5) is 4.39 Å². The van der Waals surface area contributed by atoms with Gasteiger partial charge >= 0.3 is 0 Å². The second kappa shape index (κ2) is 7.04. The molecule has 2 unspecified atom stereocenters. The summed E-state index contributed by atoms with van der Waals surface area (Å²) in [7, 11) is 0. The molecular formula is C17H28FN. The predicted octanol–water partition coefficient (Wildman–Crippen LogP) is 4.73. The quantitative estimate of drug-likeness (QED) is 0.784. The van der Waals surface area contributed by atoms with Gasteiger partial charge in [0.25, 0.3) is 0 Å². The van der Waals surface area contributed by atoms with Crippen LogP contribution in [0.3, 0.4) is 0 Å². The van der Waals surface area contributed by atoms with Gasteiger partial charge in [-0.2, -0.15) is 0 Å². The van der Waals surface area contributed by atoms with Crippen molar-refractivity contribution in [3.8, 4) is 0 Å². The highest BCUT2D eigenvalue weighted by Gasteiger charge is 2.21. The molecule has 19 heavy (non-hydrogen) atoms. The van der Waals surface area contributed by atoms with E-state index < -0.39 is 0 Å². The molecule has 0 fully saturated rings. The summed E-state index contributed by atoms with van der Waals surface area (Å²) in [6.45, 7) is 11.9. The molecule has 108 valence electrons. The smallest absolute Gasteiger partial charge is 0.123 e. The third-order valence-corrected chi connectivity index (χ3v) is 3.56. The van der Waals surface area contributed by atoms with E-state index >= 15 is 0 Å². The van der Waals surface area contributed by atoms with Gasteiger partial charge in [0.2, 0.25) is 0 Å². The van der Waals surface area contributed by atoms with Gasteiger partial charge in [0.15, 0.2) is 0 Å². The van der Waals surface area contributed by atoms with Crippen LogP contribution in [0.5, 0.6) is 0 Å². The largest absolute Gasteiger partial charge is 0.311 e. The molecule has 0 bridgehead atoms. The molecule has 2 atom stereocenters. The summed E-state index contributed by atoms with van der Waals surface area (Å²) in [6, 6.07) is 7.06. The fraction of sp³-hybridized carbons (Fsp3) is 0.647. The Labute approximate surface area is 117 Å². The van der Waals surface area contributed by atoms with E-state index in [1.807, 2.05) is 12.1 Å². The van der Waals surface area contributed by atoms with Crippen molar-refractivity contribution in [2.75, 3.05) is 6.54 Å². The molecule has 0 saturated carbocycles. The Morgan fingerprint density at radius 2 is 1.95 bits per heavy atom. The molecule has 1 nitrogen and oxygen atoms in total.